The van der Waals surface area contributed by atoms with Crippen molar-refractivity contribution in [2.24, 2.45) is 0 Å². The average Bonchev–Trinajstić information content (AvgIpc) is 2.78. The van der Waals surface area contributed by atoms with Gasteiger partial charge in [0.15, 0.2) is 11.5 Å². The number of rotatable bonds is 7. The summed E-state index contributed by atoms with van der Waals surface area (Å²) >= 11 is 12.0. The van der Waals surface area contributed by atoms with Crippen LogP contribution in [0.4, 0.5) is 0 Å². The Morgan fingerprint density at radius 2 is 1.71 bits per heavy atom. The minimum atomic E-state index is -1.02. The maximum Gasteiger partial charge on any atom is 0.335 e. The van der Waals surface area contributed by atoms with E-state index in [2.05, 4.69) is 6.07 Å². The molecular formula is C24H17Cl2NO4. The molecule has 0 aliphatic rings. The number of halogens is 2. The highest BCUT2D eigenvalue weighted by Gasteiger charge is 2.09. The second-order valence-corrected chi connectivity index (χ2v) is 7.31. The van der Waals surface area contributed by atoms with Gasteiger partial charge in [-0.2, -0.15) is 5.26 Å². The summed E-state index contributed by atoms with van der Waals surface area (Å²) in [7, 11) is 1.53. The second kappa shape index (κ2) is 10.0. The molecule has 0 aromatic heterocycles. The third-order valence-electron chi connectivity index (χ3n) is 4.44. The topological polar surface area (TPSA) is 79.5 Å². The van der Waals surface area contributed by atoms with E-state index in [1.165, 1.54) is 19.2 Å². The molecule has 0 aliphatic carbocycles. The van der Waals surface area contributed by atoms with Gasteiger partial charge in [-0.3, -0.25) is 0 Å². The number of aromatic carboxylic acids is 1. The van der Waals surface area contributed by atoms with E-state index in [9.17, 15) is 10.1 Å². The number of nitrogens with zero attached hydrogens (tertiary/aromatic N) is 1. The Hall–Kier alpha value is -3.46. The zero-order valence-electron chi connectivity index (χ0n) is 16.4. The van der Waals surface area contributed by atoms with Gasteiger partial charge in [0.1, 0.15) is 6.61 Å². The average molecular weight is 454 g/mol. The van der Waals surface area contributed by atoms with Crippen LogP contribution in [0.2, 0.25) is 10.0 Å². The highest BCUT2D eigenvalue weighted by atomic mass is 35.5. The van der Waals surface area contributed by atoms with Gasteiger partial charge in [-0.25, -0.2) is 4.79 Å². The number of hydrogen-bond acceptors (Lipinski definition) is 4. The van der Waals surface area contributed by atoms with E-state index in [4.69, 9.17) is 37.8 Å². The Bertz CT molecular complexity index is 1180. The summed E-state index contributed by atoms with van der Waals surface area (Å²) in [6.07, 6.45) is 1.70. The van der Waals surface area contributed by atoms with Crippen LogP contribution >= 0.6 is 23.2 Å². The molecule has 7 heteroatoms. The van der Waals surface area contributed by atoms with Crippen LogP contribution in [0, 0.1) is 11.3 Å². The number of ether oxygens (including phenoxy) is 2. The number of allylic oxidation sites excluding steroid dienone is 1. The van der Waals surface area contributed by atoms with Gasteiger partial charge in [0, 0.05) is 0 Å². The molecule has 0 aliphatic heterocycles. The first-order valence-corrected chi connectivity index (χ1v) is 9.87. The summed E-state index contributed by atoms with van der Waals surface area (Å²) < 4.78 is 11.3. The molecule has 1 N–H and O–H groups in total. The number of methoxy groups -OCH3 is 1. The normalized spacial score (nSPS) is 11.0. The van der Waals surface area contributed by atoms with Crippen molar-refractivity contribution in [1.29, 1.82) is 5.26 Å². The summed E-state index contributed by atoms with van der Waals surface area (Å²) in [6, 6.07) is 18.9. The summed E-state index contributed by atoms with van der Waals surface area (Å²) in [5.74, 6) is 0.0256. The standard InChI is InChI=1S/C24H17Cl2NO4/c1-30-23-12-15(10-19(13-27)17-4-6-18(7-5-17)24(28)29)3-9-22(23)31-14-16-2-8-20(25)21(26)11-16/h2-12H,14H2,1H3,(H,28,29)/b19-10-. The lowest BCUT2D eigenvalue weighted by atomic mass is 10.0. The van der Waals surface area contributed by atoms with Gasteiger partial charge in [0.2, 0.25) is 0 Å². The Kier molecular flexibility index (Phi) is 7.19. The van der Waals surface area contributed by atoms with E-state index in [1.807, 2.05) is 6.07 Å². The molecule has 0 spiro atoms. The van der Waals surface area contributed by atoms with Crippen LogP contribution in [0.25, 0.3) is 11.6 Å². The second-order valence-electron chi connectivity index (χ2n) is 6.50. The number of carboxylic acid groups (broad SMARTS) is 1. The number of nitriles is 1. The van der Waals surface area contributed by atoms with Crippen molar-refractivity contribution in [1.82, 2.24) is 0 Å². The fourth-order valence-corrected chi connectivity index (χ4v) is 3.14. The molecule has 0 atom stereocenters. The van der Waals surface area contributed by atoms with Gasteiger partial charge >= 0.3 is 5.97 Å². The van der Waals surface area contributed by atoms with Crippen molar-refractivity contribution in [2.45, 2.75) is 6.61 Å². The lowest BCUT2D eigenvalue weighted by Gasteiger charge is -2.12. The van der Waals surface area contributed by atoms with E-state index in [0.717, 1.165) is 11.1 Å². The summed E-state index contributed by atoms with van der Waals surface area (Å²) in [5, 5.41) is 19.5. The Balaban J connectivity index is 1.81. The molecular weight excluding hydrogens is 437 g/mol. The lowest BCUT2D eigenvalue weighted by molar-refractivity contribution is 0.0697. The quantitative estimate of drug-likeness (QED) is 0.333. The first-order chi connectivity index (χ1) is 14.9. The first kappa shape index (κ1) is 22.2. The zero-order chi connectivity index (χ0) is 22.4. The summed E-state index contributed by atoms with van der Waals surface area (Å²) in [4.78, 5) is 11.0. The molecule has 3 aromatic rings. The van der Waals surface area contributed by atoms with Gasteiger partial charge < -0.3 is 14.6 Å². The molecule has 0 unspecified atom stereocenters. The number of benzene rings is 3. The van der Waals surface area contributed by atoms with Gasteiger partial charge in [0.25, 0.3) is 0 Å². The van der Waals surface area contributed by atoms with E-state index in [1.54, 1.807) is 48.5 Å². The van der Waals surface area contributed by atoms with E-state index in [-0.39, 0.29) is 12.2 Å². The molecule has 0 saturated heterocycles. The summed E-state index contributed by atoms with van der Waals surface area (Å²) in [6.45, 7) is 0.280. The van der Waals surface area contributed by atoms with Crippen LogP contribution in [-0.4, -0.2) is 18.2 Å². The largest absolute Gasteiger partial charge is 0.493 e. The molecule has 31 heavy (non-hydrogen) atoms. The van der Waals surface area contributed by atoms with Crippen molar-refractivity contribution in [2.75, 3.05) is 7.11 Å². The van der Waals surface area contributed by atoms with Crippen molar-refractivity contribution >= 4 is 40.8 Å². The van der Waals surface area contributed by atoms with Crippen molar-refractivity contribution in [3.63, 3.8) is 0 Å². The maximum atomic E-state index is 11.0. The van der Waals surface area contributed by atoms with Gasteiger partial charge in [-0.05, 0) is 59.2 Å². The molecule has 0 fully saturated rings. The van der Waals surface area contributed by atoms with Crippen LogP contribution in [0.15, 0.2) is 60.7 Å². The maximum absolute atomic E-state index is 11.0. The van der Waals surface area contributed by atoms with Gasteiger partial charge in [-0.15, -0.1) is 0 Å². The Morgan fingerprint density at radius 1 is 1.00 bits per heavy atom. The smallest absolute Gasteiger partial charge is 0.335 e. The van der Waals surface area contributed by atoms with E-state index < -0.39 is 5.97 Å². The highest BCUT2D eigenvalue weighted by molar-refractivity contribution is 6.42. The number of hydrogen-bond donors (Lipinski definition) is 1. The molecule has 0 radical (unpaired) electrons. The molecule has 5 nitrogen and oxygen atoms in total. The third kappa shape index (κ3) is 5.58. The zero-order valence-corrected chi connectivity index (χ0v) is 17.9. The first-order valence-electron chi connectivity index (χ1n) is 9.11. The fourth-order valence-electron chi connectivity index (χ4n) is 2.82. The van der Waals surface area contributed by atoms with Crippen molar-refractivity contribution < 1.29 is 19.4 Å². The van der Waals surface area contributed by atoms with Gasteiger partial charge in [0.05, 0.1) is 34.4 Å². The van der Waals surface area contributed by atoms with Crippen LogP contribution in [0.1, 0.15) is 27.0 Å². The predicted molar refractivity (Wildman–Crippen MR) is 121 cm³/mol. The van der Waals surface area contributed by atoms with Crippen LogP contribution < -0.4 is 9.47 Å². The minimum absolute atomic E-state index is 0.159. The van der Waals surface area contributed by atoms with Crippen molar-refractivity contribution in [3.8, 4) is 17.6 Å². The molecule has 0 saturated carbocycles. The third-order valence-corrected chi connectivity index (χ3v) is 5.18. The van der Waals surface area contributed by atoms with Crippen LogP contribution in [0.5, 0.6) is 11.5 Å². The monoisotopic (exact) mass is 453 g/mol. The van der Waals surface area contributed by atoms with Crippen molar-refractivity contribution in [3.05, 3.63) is 93.0 Å². The van der Waals surface area contributed by atoms with E-state index >= 15 is 0 Å². The Morgan fingerprint density at radius 3 is 2.32 bits per heavy atom. The molecule has 0 amide bonds. The predicted octanol–water partition coefficient (Wildman–Crippen LogP) is 6.34. The minimum Gasteiger partial charge on any atom is -0.493 e. The van der Waals surface area contributed by atoms with Crippen LogP contribution in [-0.2, 0) is 6.61 Å². The van der Waals surface area contributed by atoms with Gasteiger partial charge in [-0.1, -0.05) is 47.5 Å². The number of carbonyl (C=O) groups is 1. The molecule has 3 aromatic carbocycles. The molecule has 3 rings (SSSR count). The lowest BCUT2D eigenvalue weighted by Crippen LogP contribution is -1.98. The molecule has 156 valence electrons. The fraction of sp³-hybridized carbons (Fsp3) is 0.0833. The highest BCUT2D eigenvalue weighted by Crippen LogP contribution is 2.31. The Labute approximate surface area is 189 Å². The summed E-state index contributed by atoms with van der Waals surface area (Å²) in [5.41, 5.74) is 2.76. The SMILES string of the molecule is COc1cc(/C=C(/C#N)c2ccc(C(=O)O)cc2)ccc1OCc1ccc(Cl)c(Cl)c1. The number of carboxylic acids is 1. The molecule has 0 bridgehead atoms. The molecule has 0 heterocycles. The van der Waals surface area contributed by atoms with Crippen LogP contribution in [0.3, 0.4) is 0 Å². The van der Waals surface area contributed by atoms with E-state index in [0.29, 0.717) is 32.7 Å².